The number of halogens is 1. The summed E-state index contributed by atoms with van der Waals surface area (Å²) < 4.78 is 53.7. The Hall–Kier alpha value is -2.98. The number of hydrogen-bond donors (Lipinski definition) is 0. The summed E-state index contributed by atoms with van der Waals surface area (Å²) in [5, 5.41) is -0.152. The Morgan fingerprint density at radius 2 is 2.03 bits per heavy atom. The molecule has 0 saturated carbocycles. The minimum absolute atomic E-state index is 0.0788. The molecule has 35 heavy (non-hydrogen) atoms. The lowest BCUT2D eigenvalue weighted by Crippen LogP contribution is -2.34. The second-order valence-electron chi connectivity index (χ2n) is 9.06. The zero-order valence-electron chi connectivity index (χ0n) is 19.9. The summed E-state index contributed by atoms with van der Waals surface area (Å²) in [6, 6.07) is 9.34. The number of nitrogens with zero attached hydrogens (tertiary/aromatic N) is 3. The van der Waals surface area contributed by atoms with Crippen LogP contribution in [0.5, 0.6) is 0 Å². The van der Waals surface area contributed by atoms with Gasteiger partial charge < -0.3 is 18.6 Å². The SMILES string of the molecule is CC(C)C(=O)N(Cc1ccco1)Cc1cnc(S(=O)(=O)Cc2ccccc2F)n1CC1CCCO1. The molecule has 0 spiro atoms. The van der Waals surface area contributed by atoms with Gasteiger partial charge in [0.1, 0.15) is 11.6 Å². The van der Waals surface area contributed by atoms with Crippen molar-refractivity contribution in [2.75, 3.05) is 6.61 Å². The number of rotatable bonds is 10. The maximum atomic E-state index is 14.2. The fourth-order valence-corrected chi connectivity index (χ4v) is 5.71. The van der Waals surface area contributed by atoms with Crippen LogP contribution in [0.4, 0.5) is 4.39 Å². The number of benzene rings is 1. The smallest absolute Gasteiger partial charge is 0.228 e. The van der Waals surface area contributed by atoms with E-state index >= 15 is 0 Å². The van der Waals surface area contributed by atoms with Gasteiger partial charge in [0.2, 0.25) is 20.9 Å². The maximum absolute atomic E-state index is 14.2. The standard InChI is InChI=1S/C25H30FN3O5S/c1-18(2)24(30)28(15-21-8-5-11-33-21)14-20-13-27-25(29(20)16-22-9-6-12-34-22)35(31,32)17-19-7-3-4-10-23(19)26/h3-5,7-8,10-11,13,18,22H,6,9,12,14-17H2,1-2H3. The molecule has 1 unspecified atom stereocenters. The monoisotopic (exact) mass is 503 g/mol. The molecule has 1 aliphatic rings. The van der Waals surface area contributed by atoms with Gasteiger partial charge in [0.15, 0.2) is 0 Å². The van der Waals surface area contributed by atoms with E-state index in [1.165, 1.54) is 24.4 Å². The highest BCUT2D eigenvalue weighted by atomic mass is 32.2. The Kier molecular flexibility index (Phi) is 7.71. The summed E-state index contributed by atoms with van der Waals surface area (Å²) in [6.45, 7) is 4.91. The van der Waals surface area contributed by atoms with E-state index < -0.39 is 21.4 Å². The lowest BCUT2D eigenvalue weighted by Gasteiger charge is -2.25. The van der Waals surface area contributed by atoms with Crippen molar-refractivity contribution in [3.8, 4) is 0 Å². The van der Waals surface area contributed by atoms with Crippen LogP contribution in [-0.4, -0.2) is 41.5 Å². The number of carbonyl (C=O) groups excluding carboxylic acids is 1. The van der Waals surface area contributed by atoms with E-state index in [1.807, 2.05) is 13.8 Å². The van der Waals surface area contributed by atoms with Crippen LogP contribution in [0.2, 0.25) is 0 Å². The van der Waals surface area contributed by atoms with Gasteiger partial charge in [-0.3, -0.25) is 4.79 Å². The average molecular weight is 504 g/mol. The number of hydrogen-bond acceptors (Lipinski definition) is 6. The Balaban J connectivity index is 1.68. The zero-order chi connectivity index (χ0) is 25.0. The van der Waals surface area contributed by atoms with Gasteiger partial charge in [0.25, 0.3) is 0 Å². The van der Waals surface area contributed by atoms with E-state index in [-0.39, 0.29) is 48.3 Å². The summed E-state index contributed by atoms with van der Waals surface area (Å²) in [7, 11) is -3.98. The highest BCUT2D eigenvalue weighted by Crippen LogP contribution is 2.24. The van der Waals surface area contributed by atoms with Crippen LogP contribution in [0, 0.1) is 11.7 Å². The molecule has 1 aliphatic heterocycles. The molecule has 1 fully saturated rings. The van der Waals surface area contributed by atoms with Crippen LogP contribution in [0.3, 0.4) is 0 Å². The highest BCUT2D eigenvalue weighted by molar-refractivity contribution is 7.90. The van der Waals surface area contributed by atoms with Gasteiger partial charge in [-0.15, -0.1) is 0 Å². The van der Waals surface area contributed by atoms with Crippen molar-refractivity contribution >= 4 is 15.7 Å². The quantitative estimate of drug-likeness (QED) is 0.416. The molecule has 1 atom stereocenters. The lowest BCUT2D eigenvalue weighted by atomic mass is 10.1. The molecule has 0 radical (unpaired) electrons. The van der Waals surface area contributed by atoms with E-state index in [0.717, 1.165) is 12.8 Å². The first-order valence-electron chi connectivity index (χ1n) is 11.7. The summed E-state index contributed by atoms with van der Waals surface area (Å²) >= 11 is 0. The summed E-state index contributed by atoms with van der Waals surface area (Å²) in [6.07, 6.45) is 4.55. The van der Waals surface area contributed by atoms with Gasteiger partial charge in [-0.25, -0.2) is 17.8 Å². The third-order valence-corrected chi connectivity index (χ3v) is 7.55. The van der Waals surface area contributed by atoms with Gasteiger partial charge in [-0.2, -0.15) is 0 Å². The van der Waals surface area contributed by atoms with E-state index in [9.17, 15) is 17.6 Å². The van der Waals surface area contributed by atoms with Gasteiger partial charge in [0.05, 0.1) is 49.6 Å². The van der Waals surface area contributed by atoms with Crippen molar-refractivity contribution in [1.82, 2.24) is 14.5 Å². The van der Waals surface area contributed by atoms with E-state index in [2.05, 4.69) is 4.98 Å². The first-order chi connectivity index (χ1) is 16.7. The van der Waals surface area contributed by atoms with Crippen molar-refractivity contribution in [3.63, 3.8) is 0 Å². The maximum Gasteiger partial charge on any atom is 0.228 e. The molecule has 8 nitrogen and oxygen atoms in total. The normalized spacial score (nSPS) is 16.2. The number of amides is 1. The lowest BCUT2D eigenvalue weighted by molar-refractivity contribution is -0.136. The fourth-order valence-electron chi connectivity index (χ4n) is 4.20. The van der Waals surface area contributed by atoms with E-state index in [0.29, 0.717) is 18.1 Å². The average Bonchev–Trinajstić information content (AvgIpc) is 3.58. The Bertz CT molecular complexity index is 1250. The van der Waals surface area contributed by atoms with E-state index in [4.69, 9.17) is 9.15 Å². The van der Waals surface area contributed by atoms with Gasteiger partial charge in [0, 0.05) is 18.1 Å². The number of sulfone groups is 1. The van der Waals surface area contributed by atoms with Crippen LogP contribution >= 0.6 is 0 Å². The van der Waals surface area contributed by atoms with Crippen LogP contribution in [-0.2, 0) is 44.8 Å². The Morgan fingerprint density at radius 1 is 1.23 bits per heavy atom. The number of carbonyl (C=O) groups is 1. The molecule has 0 bridgehead atoms. The van der Waals surface area contributed by atoms with Crippen molar-refractivity contribution in [2.24, 2.45) is 5.92 Å². The molecule has 3 aromatic rings. The highest BCUT2D eigenvalue weighted by Gasteiger charge is 2.29. The molecule has 0 aliphatic carbocycles. The summed E-state index contributed by atoms with van der Waals surface area (Å²) in [5.41, 5.74) is 0.642. The molecule has 1 saturated heterocycles. The molecule has 10 heteroatoms. The number of aromatic nitrogens is 2. The van der Waals surface area contributed by atoms with Crippen molar-refractivity contribution in [3.05, 3.63) is 71.7 Å². The molecule has 0 N–H and O–H groups in total. The van der Waals surface area contributed by atoms with E-state index in [1.54, 1.807) is 33.9 Å². The van der Waals surface area contributed by atoms with Crippen LogP contribution < -0.4 is 0 Å². The Morgan fingerprint density at radius 3 is 2.69 bits per heavy atom. The predicted octanol–water partition coefficient (Wildman–Crippen LogP) is 3.95. The zero-order valence-corrected chi connectivity index (χ0v) is 20.7. The summed E-state index contributed by atoms with van der Waals surface area (Å²) in [4.78, 5) is 18.9. The number of imidazole rings is 1. The predicted molar refractivity (Wildman–Crippen MR) is 126 cm³/mol. The minimum atomic E-state index is -3.98. The molecule has 188 valence electrons. The molecular formula is C25H30FN3O5S. The first kappa shape index (κ1) is 25.1. The summed E-state index contributed by atoms with van der Waals surface area (Å²) in [5.74, 6) is -0.828. The Labute approximate surface area is 204 Å². The van der Waals surface area contributed by atoms with Gasteiger partial charge >= 0.3 is 0 Å². The molecular weight excluding hydrogens is 473 g/mol. The molecule has 3 heterocycles. The largest absolute Gasteiger partial charge is 0.467 e. The third kappa shape index (κ3) is 5.99. The second kappa shape index (κ2) is 10.7. The van der Waals surface area contributed by atoms with Crippen molar-refractivity contribution < 1.29 is 26.8 Å². The van der Waals surface area contributed by atoms with Crippen LogP contribution in [0.1, 0.15) is 43.7 Å². The fraction of sp³-hybridized carbons (Fsp3) is 0.440. The van der Waals surface area contributed by atoms with Crippen molar-refractivity contribution in [2.45, 2.75) is 63.3 Å². The topological polar surface area (TPSA) is 94.6 Å². The van der Waals surface area contributed by atoms with Crippen molar-refractivity contribution in [1.29, 1.82) is 0 Å². The molecule has 1 amide bonds. The molecule has 1 aromatic carbocycles. The van der Waals surface area contributed by atoms with Gasteiger partial charge in [-0.1, -0.05) is 32.0 Å². The van der Waals surface area contributed by atoms with Crippen LogP contribution in [0.25, 0.3) is 0 Å². The molecule has 4 rings (SSSR count). The second-order valence-corrected chi connectivity index (χ2v) is 10.9. The molecule has 2 aromatic heterocycles. The van der Waals surface area contributed by atoms with Crippen LogP contribution in [0.15, 0.2) is 58.4 Å². The number of ether oxygens (including phenoxy) is 1. The number of furan rings is 1. The third-order valence-electron chi connectivity index (χ3n) is 5.98. The minimum Gasteiger partial charge on any atom is -0.467 e. The van der Waals surface area contributed by atoms with Gasteiger partial charge in [-0.05, 0) is 31.0 Å². The first-order valence-corrected chi connectivity index (χ1v) is 13.3.